The van der Waals surface area contributed by atoms with Gasteiger partial charge in [0.15, 0.2) is 0 Å². The lowest BCUT2D eigenvalue weighted by molar-refractivity contribution is 0.0930. The summed E-state index contributed by atoms with van der Waals surface area (Å²) in [7, 11) is 0. The molecule has 1 atom stereocenters. The molecule has 1 aliphatic rings. The first-order valence-electron chi connectivity index (χ1n) is 5.63. The van der Waals surface area contributed by atoms with Gasteiger partial charge in [-0.2, -0.15) is 0 Å². The minimum Gasteiger partial charge on any atom is -0.348 e. The summed E-state index contributed by atoms with van der Waals surface area (Å²) in [4.78, 5) is 11.9. The lowest BCUT2D eigenvalue weighted by Crippen LogP contribution is -2.45. The highest BCUT2D eigenvalue weighted by Crippen LogP contribution is 2.22. The Hall–Kier alpha value is -0.770. The van der Waals surface area contributed by atoms with Crippen molar-refractivity contribution in [2.45, 2.75) is 18.9 Å². The first-order valence-corrected chi connectivity index (χ1v) is 6.39. The number of carbonyl (C=O) groups is 1. The number of benzene rings is 1. The number of rotatable bonds is 2. The number of carbonyl (C=O) groups excluding carboxylic acids is 1. The Kier molecular flexibility index (Phi) is 4.26. The molecule has 5 heteroatoms. The van der Waals surface area contributed by atoms with Crippen molar-refractivity contribution >= 4 is 29.1 Å². The highest BCUT2D eigenvalue weighted by Gasteiger charge is 2.16. The van der Waals surface area contributed by atoms with E-state index in [1.165, 1.54) is 0 Å². The highest BCUT2D eigenvalue weighted by atomic mass is 35.5. The Bertz CT molecular complexity index is 417. The van der Waals surface area contributed by atoms with Crippen LogP contribution in [0.2, 0.25) is 10.0 Å². The van der Waals surface area contributed by atoms with Crippen molar-refractivity contribution < 1.29 is 4.79 Å². The van der Waals surface area contributed by atoms with Gasteiger partial charge >= 0.3 is 0 Å². The SMILES string of the molecule is O=C(N[C@H]1CCCNC1)c1ccc(Cl)c(Cl)c1. The van der Waals surface area contributed by atoms with Crippen molar-refractivity contribution in [3.05, 3.63) is 33.8 Å². The molecule has 2 rings (SSSR count). The number of amides is 1. The van der Waals surface area contributed by atoms with E-state index in [1.807, 2.05) is 0 Å². The average Bonchev–Trinajstić information content (AvgIpc) is 2.34. The minimum absolute atomic E-state index is 0.0998. The molecule has 0 spiro atoms. The van der Waals surface area contributed by atoms with Crippen molar-refractivity contribution in [3.8, 4) is 0 Å². The van der Waals surface area contributed by atoms with Gasteiger partial charge in [-0.25, -0.2) is 0 Å². The van der Waals surface area contributed by atoms with Gasteiger partial charge in [0.25, 0.3) is 5.91 Å². The van der Waals surface area contributed by atoms with E-state index < -0.39 is 0 Å². The topological polar surface area (TPSA) is 41.1 Å². The second-order valence-electron chi connectivity index (χ2n) is 4.15. The summed E-state index contributed by atoms with van der Waals surface area (Å²) < 4.78 is 0. The van der Waals surface area contributed by atoms with Gasteiger partial charge in [-0.05, 0) is 37.6 Å². The van der Waals surface area contributed by atoms with Crippen LogP contribution in [-0.2, 0) is 0 Å². The predicted molar refractivity (Wildman–Crippen MR) is 69.8 cm³/mol. The van der Waals surface area contributed by atoms with Crippen LogP contribution in [0.5, 0.6) is 0 Å². The first-order chi connectivity index (χ1) is 8.16. The second kappa shape index (κ2) is 5.71. The molecule has 17 heavy (non-hydrogen) atoms. The van der Waals surface area contributed by atoms with Crippen LogP contribution in [-0.4, -0.2) is 25.0 Å². The van der Waals surface area contributed by atoms with E-state index in [1.54, 1.807) is 18.2 Å². The first kappa shape index (κ1) is 12.7. The molecule has 0 radical (unpaired) electrons. The van der Waals surface area contributed by atoms with Crippen molar-refractivity contribution in [2.75, 3.05) is 13.1 Å². The van der Waals surface area contributed by atoms with E-state index in [2.05, 4.69) is 10.6 Å². The Balaban J connectivity index is 2.01. The summed E-state index contributed by atoms with van der Waals surface area (Å²) in [6.45, 7) is 1.85. The zero-order valence-corrected chi connectivity index (χ0v) is 10.8. The van der Waals surface area contributed by atoms with Crippen LogP contribution in [0.1, 0.15) is 23.2 Å². The molecule has 0 saturated carbocycles. The van der Waals surface area contributed by atoms with Gasteiger partial charge in [-0.1, -0.05) is 23.2 Å². The molecule has 92 valence electrons. The predicted octanol–water partition coefficient (Wildman–Crippen LogP) is 2.48. The smallest absolute Gasteiger partial charge is 0.251 e. The number of halogens is 2. The molecule has 1 aliphatic heterocycles. The van der Waals surface area contributed by atoms with E-state index in [9.17, 15) is 4.79 Å². The van der Waals surface area contributed by atoms with Crippen LogP contribution in [0.15, 0.2) is 18.2 Å². The third-order valence-corrected chi connectivity index (χ3v) is 3.55. The Morgan fingerprint density at radius 2 is 2.18 bits per heavy atom. The summed E-state index contributed by atoms with van der Waals surface area (Å²) in [5.74, 6) is -0.0998. The Morgan fingerprint density at radius 1 is 1.35 bits per heavy atom. The maximum atomic E-state index is 11.9. The molecule has 1 saturated heterocycles. The molecular formula is C12H14Cl2N2O. The van der Waals surface area contributed by atoms with E-state index >= 15 is 0 Å². The van der Waals surface area contributed by atoms with E-state index in [0.29, 0.717) is 15.6 Å². The molecule has 1 aromatic carbocycles. The van der Waals surface area contributed by atoms with Crippen LogP contribution >= 0.6 is 23.2 Å². The van der Waals surface area contributed by atoms with Crippen molar-refractivity contribution in [2.24, 2.45) is 0 Å². The number of hydrogen-bond donors (Lipinski definition) is 2. The lowest BCUT2D eigenvalue weighted by atomic mass is 10.1. The van der Waals surface area contributed by atoms with Gasteiger partial charge in [0.05, 0.1) is 10.0 Å². The van der Waals surface area contributed by atoms with Crippen molar-refractivity contribution in [3.63, 3.8) is 0 Å². The summed E-state index contributed by atoms with van der Waals surface area (Å²) in [6.07, 6.45) is 2.10. The summed E-state index contributed by atoms with van der Waals surface area (Å²) in [6, 6.07) is 5.11. The van der Waals surface area contributed by atoms with Gasteiger partial charge in [-0.3, -0.25) is 4.79 Å². The fraction of sp³-hybridized carbons (Fsp3) is 0.417. The third-order valence-electron chi connectivity index (χ3n) is 2.81. The van der Waals surface area contributed by atoms with E-state index in [4.69, 9.17) is 23.2 Å². The second-order valence-corrected chi connectivity index (χ2v) is 4.96. The van der Waals surface area contributed by atoms with Gasteiger partial charge in [0, 0.05) is 18.2 Å². The average molecular weight is 273 g/mol. The van der Waals surface area contributed by atoms with Crippen LogP contribution in [0.4, 0.5) is 0 Å². The monoisotopic (exact) mass is 272 g/mol. The zero-order valence-electron chi connectivity index (χ0n) is 9.30. The molecule has 0 aliphatic carbocycles. The van der Waals surface area contributed by atoms with E-state index in [0.717, 1.165) is 25.9 Å². The summed E-state index contributed by atoms with van der Waals surface area (Å²) >= 11 is 11.7. The standard InChI is InChI=1S/C12H14Cl2N2O/c13-10-4-3-8(6-11(10)14)12(17)16-9-2-1-5-15-7-9/h3-4,6,9,15H,1-2,5,7H2,(H,16,17)/t9-/m0/s1. The fourth-order valence-electron chi connectivity index (χ4n) is 1.88. The van der Waals surface area contributed by atoms with Crippen LogP contribution in [0.3, 0.4) is 0 Å². The normalized spacial score (nSPS) is 20.0. The van der Waals surface area contributed by atoms with Crippen molar-refractivity contribution in [1.29, 1.82) is 0 Å². The number of nitrogens with one attached hydrogen (secondary N) is 2. The zero-order chi connectivity index (χ0) is 12.3. The third kappa shape index (κ3) is 3.35. The molecule has 3 nitrogen and oxygen atoms in total. The molecule has 1 aromatic rings. The number of hydrogen-bond acceptors (Lipinski definition) is 2. The summed E-state index contributed by atoms with van der Waals surface area (Å²) in [5.41, 5.74) is 0.546. The molecule has 1 fully saturated rings. The van der Waals surface area contributed by atoms with Gasteiger partial charge in [0.2, 0.25) is 0 Å². The van der Waals surface area contributed by atoms with Crippen LogP contribution < -0.4 is 10.6 Å². The summed E-state index contributed by atoms with van der Waals surface area (Å²) in [5, 5.41) is 7.09. The fourth-order valence-corrected chi connectivity index (χ4v) is 2.18. The molecule has 0 unspecified atom stereocenters. The molecule has 0 aromatic heterocycles. The van der Waals surface area contributed by atoms with E-state index in [-0.39, 0.29) is 11.9 Å². The largest absolute Gasteiger partial charge is 0.348 e. The maximum absolute atomic E-state index is 11.9. The maximum Gasteiger partial charge on any atom is 0.251 e. The lowest BCUT2D eigenvalue weighted by Gasteiger charge is -2.23. The minimum atomic E-state index is -0.0998. The van der Waals surface area contributed by atoms with Crippen LogP contribution in [0.25, 0.3) is 0 Å². The van der Waals surface area contributed by atoms with Gasteiger partial charge < -0.3 is 10.6 Å². The molecule has 2 N–H and O–H groups in total. The molecule has 0 bridgehead atoms. The van der Waals surface area contributed by atoms with Crippen LogP contribution in [0, 0.1) is 0 Å². The molecular weight excluding hydrogens is 259 g/mol. The Morgan fingerprint density at radius 3 is 2.82 bits per heavy atom. The molecule has 1 amide bonds. The Labute approximate surface area is 110 Å². The quantitative estimate of drug-likeness (QED) is 0.869. The van der Waals surface area contributed by atoms with Gasteiger partial charge in [0.1, 0.15) is 0 Å². The number of piperidine rings is 1. The van der Waals surface area contributed by atoms with Gasteiger partial charge in [-0.15, -0.1) is 0 Å². The van der Waals surface area contributed by atoms with Crippen molar-refractivity contribution in [1.82, 2.24) is 10.6 Å². The molecule has 1 heterocycles. The highest BCUT2D eigenvalue weighted by molar-refractivity contribution is 6.42.